The fraction of sp³-hybridized carbons (Fsp3) is 0.238. The molecule has 1 aliphatic rings. The molecule has 1 aliphatic heterocycles. The highest BCUT2D eigenvalue weighted by atomic mass is 32.1. The van der Waals surface area contributed by atoms with E-state index in [1.54, 1.807) is 12.3 Å². The number of anilines is 2. The van der Waals surface area contributed by atoms with Crippen molar-refractivity contribution in [3.63, 3.8) is 0 Å². The van der Waals surface area contributed by atoms with Gasteiger partial charge in [-0.05, 0) is 30.3 Å². The molecule has 160 valence electrons. The van der Waals surface area contributed by atoms with E-state index in [9.17, 15) is 18.0 Å². The van der Waals surface area contributed by atoms with E-state index in [1.165, 1.54) is 24.4 Å². The summed E-state index contributed by atoms with van der Waals surface area (Å²) in [6.07, 6.45) is -0.482. The zero-order valence-corrected chi connectivity index (χ0v) is 17.1. The molecule has 3 aromatic rings. The summed E-state index contributed by atoms with van der Waals surface area (Å²) in [7, 11) is 0. The van der Waals surface area contributed by atoms with Crippen LogP contribution >= 0.6 is 12.6 Å². The number of alkyl halides is 3. The van der Waals surface area contributed by atoms with Crippen LogP contribution in [0.5, 0.6) is 0 Å². The number of carbonyl (C=O) groups excluding carboxylic acids is 1. The van der Waals surface area contributed by atoms with Gasteiger partial charge in [-0.1, -0.05) is 6.07 Å². The van der Waals surface area contributed by atoms with Gasteiger partial charge in [-0.2, -0.15) is 25.8 Å². The maximum atomic E-state index is 12.9. The molecule has 1 aromatic carbocycles. The summed E-state index contributed by atoms with van der Waals surface area (Å²) in [5, 5.41) is 2.52. The summed E-state index contributed by atoms with van der Waals surface area (Å²) in [6, 6.07) is 7.67. The lowest BCUT2D eigenvalue weighted by molar-refractivity contribution is -0.137. The Morgan fingerprint density at radius 1 is 1.19 bits per heavy atom. The second kappa shape index (κ2) is 8.54. The average molecular weight is 445 g/mol. The van der Waals surface area contributed by atoms with Gasteiger partial charge in [-0.15, -0.1) is 0 Å². The van der Waals surface area contributed by atoms with Gasteiger partial charge in [-0.25, -0.2) is 15.0 Å². The van der Waals surface area contributed by atoms with Crippen LogP contribution in [0.25, 0.3) is 0 Å². The van der Waals surface area contributed by atoms with E-state index < -0.39 is 17.6 Å². The fourth-order valence-corrected chi connectivity index (χ4v) is 3.49. The number of benzene rings is 1. The van der Waals surface area contributed by atoms with Crippen LogP contribution < -0.4 is 10.2 Å². The predicted molar refractivity (Wildman–Crippen MR) is 113 cm³/mol. The molecule has 1 N–H and O–H groups in total. The van der Waals surface area contributed by atoms with Gasteiger partial charge in [0.1, 0.15) is 11.6 Å². The minimum Gasteiger partial charge on any atom is -0.352 e. The first-order valence-corrected chi connectivity index (χ1v) is 10.1. The molecule has 0 unspecified atom stereocenters. The van der Waals surface area contributed by atoms with Gasteiger partial charge in [0.15, 0.2) is 0 Å². The number of nitrogens with zero attached hydrogens (tertiary/aromatic N) is 4. The van der Waals surface area contributed by atoms with Gasteiger partial charge in [0.05, 0.1) is 17.0 Å². The number of hydrogen-bond acceptors (Lipinski definition) is 6. The van der Waals surface area contributed by atoms with Crippen LogP contribution in [0.15, 0.2) is 48.8 Å². The van der Waals surface area contributed by atoms with E-state index in [4.69, 9.17) is 0 Å². The van der Waals surface area contributed by atoms with Crippen molar-refractivity contribution in [3.05, 3.63) is 77.0 Å². The molecule has 0 fully saturated rings. The molecule has 0 atom stereocenters. The number of hydrogen-bond donors (Lipinski definition) is 2. The molecule has 10 heteroatoms. The van der Waals surface area contributed by atoms with Crippen molar-refractivity contribution in [3.8, 4) is 0 Å². The number of halogens is 3. The van der Waals surface area contributed by atoms with E-state index in [0.717, 1.165) is 23.4 Å². The molecule has 3 heterocycles. The predicted octanol–water partition coefficient (Wildman–Crippen LogP) is 4.14. The van der Waals surface area contributed by atoms with E-state index in [0.29, 0.717) is 42.5 Å². The summed E-state index contributed by atoms with van der Waals surface area (Å²) in [5.41, 5.74) is 1.51. The summed E-state index contributed by atoms with van der Waals surface area (Å²) in [5.74, 6) is 1.24. The Kier molecular flexibility index (Phi) is 5.81. The second-order valence-corrected chi connectivity index (χ2v) is 7.34. The lowest BCUT2D eigenvalue weighted by Gasteiger charge is -2.29. The smallest absolute Gasteiger partial charge is 0.352 e. The third-order valence-electron chi connectivity index (χ3n) is 4.90. The van der Waals surface area contributed by atoms with Gasteiger partial charge in [0.25, 0.3) is 5.91 Å². The van der Waals surface area contributed by atoms with Gasteiger partial charge in [-0.3, -0.25) is 4.79 Å². The molecule has 4 rings (SSSR count). The molecular formula is C21H18F3N5OS. The Hall–Kier alpha value is -3.14. The van der Waals surface area contributed by atoms with Crippen LogP contribution in [-0.2, 0) is 24.9 Å². The number of amides is 1. The summed E-state index contributed by atoms with van der Waals surface area (Å²) in [6.45, 7) is 1.22. The molecular weight excluding hydrogens is 427 g/mol. The lowest BCUT2D eigenvalue weighted by Crippen LogP contribution is -2.32. The minimum atomic E-state index is -4.48. The summed E-state index contributed by atoms with van der Waals surface area (Å²) in [4.78, 5) is 27.7. The van der Waals surface area contributed by atoms with Crippen molar-refractivity contribution in [1.29, 1.82) is 0 Å². The van der Waals surface area contributed by atoms with E-state index in [-0.39, 0.29) is 5.69 Å². The monoisotopic (exact) mass is 445 g/mol. The van der Waals surface area contributed by atoms with E-state index in [2.05, 4.69) is 32.9 Å². The molecule has 0 saturated carbocycles. The van der Waals surface area contributed by atoms with Crippen molar-refractivity contribution in [2.45, 2.75) is 24.9 Å². The first-order valence-electron chi connectivity index (χ1n) is 9.47. The summed E-state index contributed by atoms with van der Waals surface area (Å²) >= 11 is 4.20. The Bertz CT molecular complexity index is 1120. The van der Waals surface area contributed by atoms with Crippen molar-refractivity contribution < 1.29 is 18.0 Å². The van der Waals surface area contributed by atoms with E-state index in [1.807, 2.05) is 4.90 Å². The van der Waals surface area contributed by atoms with Crippen molar-refractivity contribution >= 4 is 30.0 Å². The zero-order chi connectivity index (χ0) is 22.0. The number of nitrogens with one attached hydrogen (secondary N) is 1. The first-order chi connectivity index (χ1) is 14.8. The SMILES string of the molecule is O=C(Nc1cccc(C(F)(F)F)c1)c1ccnc(N2CCc3nc(CS)ncc3C2)c1. The third-order valence-corrected chi connectivity index (χ3v) is 5.19. The van der Waals surface area contributed by atoms with Gasteiger partial charge < -0.3 is 10.2 Å². The zero-order valence-electron chi connectivity index (χ0n) is 16.2. The Morgan fingerprint density at radius 3 is 2.81 bits per heavy atom. The van der Waals surface area contributed by atoms with Gasteiger partial charge in [0, 0.05) is 48.7 Å². The van der Waals surface area contributed by atoms with Crippen molar-refractivity contribution in [2.75, 3.05) is 16.8 Å². The third kappa shape index (κ3) is 4.79. The standard InChI is InChI=1S/C21H18F3N5OS/c22-21(23,24)15-2-1-3-16(9-15)27-20(30)13-4-6-25-19(8-13)29-7-5-17-14(11-29)10-26-18(12-31)28-17/h1-4,6,8-10,31H,5,7,11-12H2,(H,27,30). The molecule has 31 heavy (non-hydrogen) atoms. The van der Waals surface area contributed by atoms with Crippen LogP contribution in [-0.4, -0.2) is 27.4 Å². The van der Waals surface area contributed by atoms with Crippen LogP contribution in [0.2, 0.25) is 0 Å². The Labute approximate surface area is 182 Å². The van der Waals surface area contributed by atoms with Crippen LogP contribution in [0.1, 0.15) is 33.0 Å². The maximum absolute atomic E-state index is 12.9. The van der Waals surface area contributed by atoms with Crippen molar-refractivity contribution in [1.82, 2.24) is 15.0 Å². The van der Waals surface area contributed by atoms with Crippen LogP contribution in [0.4, 0.5) is 24.7 Å². The van der Waals surface area contributed by atoms with Crippen LogP contribution in [0, 0.1) is 0 Å². The highest BCUT2D eigenvalue weighted by Crippen LogP contribution is 2.31. The maximum Gasteiger partial charge on any atom is 0.416 e. The fourth-order valence-electron chi connectivity index (χ4n) is 3.34. The van der Waals surface area contributed by atoms with Crippen LogP contribution in [0.3, 0.4) is 0 Å². The molecule has 6 nitrogen and oxygen atoms in total. The molecule has 0 saturated heterocycles. The highest BCUT2D eigenvalue weighted by Gasteiger charge is 2.30. The Balaban J connectivity index is 1.50. The molecule has 0 bridgehead atoms. The normalized spacial score (nSPS) is 13.6. The number of thiol groups is 1. The van der Waals surface area contributed by atoms with Gasteiger partial charge in [0.2, 0.25) is 0 Å². The Morgan fingerprint density at radius 2 is 2.03 bits per heavy atom. The van der Waals surface area contributed by atoms with Crippen molar-refractivity contribution in [2.24, 2.45) is 0 Å². The number of fused-ring (bicyclic) bond motifs is 1. The molecule has 0 radical (unpaired) electrons. The topological polar surface area (TPSA) is 71.0 Å². The number of aromatic nitrogens is 3. The molecule has 2 aromatic heterocycles. The first kappa shape index (κ1) is 21.1. The molecule has 0 spiro atoms. The van der Waals surface area contributed by atoms with E-state index >= 15 is 0 Å². The number of rotatable bonds is 4. The number of carbonyl (C=O) groups is 1. The van der Waals surface area contributed by atoms with Gasteiger partial charge >= 0.3 is 6.18 Å². The minimum absolute atomic E-state index is 0.0715. The lowest BCUT2D eigenvalue weighted by atomic mass is 10.1. The average Bonchev–Trinajstić information content (AvgIpc) is 2.78. The number of pyridine rings is 1. The summed E-state index contributed by atoms with van der Waals surface area (Å²) < 4.78 is 38.7. The molecule has 1 amide bonds. The largest absolute Gasteiger partial charge is 0.416 e. The molecule has 0 aliphatic carbocycles. The second-order valence-electron chi connectivity index (χ2n) is 7.02. The quantitative estimate of drug-likeness (QED) is 0.591. The highest BCUT2D eigenvalue weighted by molar-refractivity contribution is 7.79.